The summed E-state index contributed by atoms with van der Waals surface area (Å²) in [5.41, 5.74) is -0.570. The second-order valence-electron chi connectivity index (χ2n) is 11.4. The van der Waals surface area contributed by atoms with Crippen LogP contribution >= 0.6 is 11.6 Å². The van der Waals surface area contributed by atoms with Gasteiger partial charge < -0.3 is 33.7 Å². The highest BCUT2D eigenvalue weighted by molar-refractivity contribution is 6.35. The molecule has 0 saturated carbocycles. The Morgan fingerprint density at radius 2 is 1.98 bits per heavy atom. The lowest BCUT2D eigenvalue weighted by Gasteiger charge is -2.42. The third-order valence-electron chi connectivity index (χ3n) is 8.26. The van der Waals surface area contributed by atoms with Gasteiger partial charge in [-0.3, -0.25) is 14.9 Å². The molecule has 3 aliphatic rings. The number of benzene rings is 1. The lowest BCUT2D eigenvalue weighted by atomic mass is 9.83. The van der Waals surface area contributed by atoms with E-state index in [0.717, 1.165) is 11.1 Å². The molecule has 2 saturated heterocycles. The van der Waals surface area contributed by atoms with Gasteiger partial charge in [0.25, 0.3) is 0 Å². The molecule has 0 aliphatic carbocycles. The number of carbonyl (C=O) groups is 3. The molecule has 0 spiro atoms. The normalized spacial score (nSPS) is 35.6. The first-order chi connectivity index (χ1) is 19.7. The van der Waals surface area contributed by atoms with Gasteiger partial charge in [0.2, 0.25) is 5.91 Å². The molecule has 4 rings (SSSR count). The largest absolute Gasteiger partial charge is 0.495 e. The van der Waals surface area contributed by atoms with E-state index in [2.05, 4.69) is 5.32 Å². The molecule has 1 aromatic rings. The molecule has 3 heterocycles. The SMILES string of the molecule is COc1cc2cc(c1Cl)N(C)C(=O)C[C@H](OC(C)=O)[C@]1(C)O[C@H]1[C@H](C)C1C[C@@](O)(NC(=O)O1)[C@H](OC)/C=C/C=C(\C)C2. The fourth-order valence-corrected chi connectivity index (χ4v) is 6.12. The van der Waals surface area contributed by atoms with Crippen LogP contribution < -0.4 is 15.0 Å². The van der Waals surface area contributed by atoms with Gasteiger partial charge in [-0.15, -0.1) is 0 Å². The van der Waals surface area contributed by atoms with Crippen molar-refractivity contribution in [3.63, 3.8) is 0 Å². The zero-order valence-corrected chi connectivity index (χ0v) is 25.7. The summed E-state index contributed by atoms with van der Waals surface area (Å²) in [6, 6.07) is 3.62. The molecule has 7 atom stereocenters. The van der Waals surface area contributed by atoms with Crippen molar-refractivity contribution in [1.82, 2.24) is 5.32 Å². The summed E-state index contributed by atoms with van der Waals surface area (Å²) < 4.78 is 28.4. The van der Waals surface area contributed by atoms with Crippen molar-refractivity contribution in [2.24, 2.45) is 5.92 Å². The van der Waals surface area contributed by atoms with E-state index in [-0.39, 0.29) is 23.8 Å². The number of alkyl carbamates (subject to hydrolysis) is 1. The van der Waals surface area contributed by atoms with E-state index in [1.54, 1.807) is 32.2 Å². The second kappa shape index (κ2) is 12.2. The predicted octanol–water partition coefficient (Wildman–Crippen LogP) is 3.69. The fourth-order valence-electron chi connectivity index (χ4n) is 5.81. The third-order valence-corrected chi connectivity index (χ3v) is 8.64. The molecule has 42 heavy (non-hydrogen) atoms. The van der Waals surface area contributed by atoms with Crippen molar-refractivity contribution in [3.8, 4) is 5.75 Å². The highest BCUT2D eigenvalue weighted by Gasteiger charge is 2.64. The molecule has 11 nitrogen and oxygen atoms in total. The topological polar surface area (TPSA) is 136 Å². The van der Waals surface area contributed by atoms with Crippen LogP contribution in [-0.4, -0.2) is 80.1 Å². The van der Waals surface area contributed by atoms with Crippen LogP contribution in [0.5, 0.6) is 5.75 Å². The molecule has 12 heteroatoms. The number of anilines is 1. The Hall–Kier alpha value is -3.12. The third kappa shape index (κ3) is 6.44. The van der Waals surface area contributed by atoms with Crippen LogP contribution in [-0.2, 0) is 35.0 Å². The Labute approximate surface area is 250 Å². The van der Waals surface area contributed by atoms with Crippen molar-refractivity contribution in [2.45, 2.75) is 82.7 Å². The lowest BCUT2D eigenvalue weighted by Crippen LogP contribution is -2.63. The van der Waals surface area contributed by atoms with Gasteiger partial charge in [0, 0.05) is 33.4 Å². The monoisotopic (exact) mass is 606 g/mol. The molecule has 230 valence electrons. The van der Waals surface area contributed by atoms with Gasteiger partial charge in [-0.1, -0.05) is 42.3 Å². The number of epoxide rings is 1. The number of carbonyl (C=O) groups excluding carboxylic acids is 3. The molecule has 3 aliphatic heterocycles. The van der Waals surface area contributed by atoms with Gasteiger partial charge in [0.05, 0.1) is 25.3 Å². The van der Waals surface area contributed by atoms with Gasteiger partial charge >= 0.3 is 12.1 Å². The first-order valence-corrected chi connectivity index (χ1v) is 14.2. The maximum atomic E-state index is 13.6. The van der Waals surface area contributed by atoms with Crippen molar-refractivity contribution >= 4 is 35.3 Å². The minimum Gasteiger partial charge on any atom is -0.495 e. The van der Waals surface area contributed by atoms with Crippen LogP contribution in [0.1, 0.15) is 46.1 Å². The number of esters is 1. The van der Waals surface area contributed by atoms with Crippen molar-refractivity contribution in [2.75, 3.05) is 26.2 Å². The standard InChI is InChI=1S/C30H39ClN2O9/c1-16-9-8-10-23(39-7)30(37)15-22(41-28(36)32-30)17(2)27-29(4,42-27)24(40-18(3)34)14-25(35)33(5)20-12-19(11-16)13-21(38-6)26(20)31/h8-10,12-13,17,22-24,27,37H,11,14-15H2,1-7H3,(H,32,36)/b10-8+,16-9+/t17-,22?,23-,24+,27+,29+,30+/m1/s1. The van der Waals surface area contributed by atoms with Crippen LogP contribution in [0.2, 0.25) is 5.02 Å². The number of hydrogen-bond acceptors (Lipinski definition) is 9. The Bertz CT molecular complexity index is 1300. The molecule has 2 fully saturated rings. The zero-order valence-electron chi connectivity index (χ0n) is 24.9. The number of nitrogens with zero attached hydrogens (tertiary/aromatic N) is 1. The molecule has 1 unspecified atom stereocenters. The van der Waals surface area contributed by atoms with E-state index in [9.17, 15) is 19.5 Å². The molecule has 0 aromatic heterocycles. The number of hydrogen-bond donors (Lipinski definition) is 2. The molecular weight excluding hydrogens is 568 g/mol. The van der Waals surface area contributed by atoms with E-state index < -0.39 is 53.7 Å². The van der Waals surface area contributed by atoms with Gasteiger partial charge in [-0.05, 0) is 38.0 Å². The van der Waals surface area contributed by atoms with Crippen LogP contribution in [0.25, 0.3) is 0 Å². The molecule has 2 amide bonds. The van der Waals surface area contributed by atoms with Gasteiger partial charge in [0.1, 0.15) is 34.7 Å². The second-order valence-corrected chi connectivity index (χ2v) is 11.8. The van der Waals surface area contributed by atoms with Crippen molar-refractivity contribution < 1.29 is 43.2 Å². The lowest BCUT2D eigenvalue weighted by molar-refractivity contribution is -0.151. The van der Waals surface area contributed by atoms with E-state index in [1.165, 1.54) is 26.0 Å². The highest BCUT2D eigenvalue weighted by atomic mass is 35.5. The van der Waals surface area contributed by atoms with Gasteiger partial charge in [0.15, 0.2) is 5.72 Å². The summed E-state index contributed by atoms with van der Waals surface area (Å²) in [5, 5.41) is 14.3. The maximum Gasteiger partial charge on any atom is 0.409 e. The highest BCUT2D eigenvalue weighted by Crippen LogP contribution is 2.49. The number of ether oxygens (including phenoxy) is 5. The number of aliphatic hydroxyl groups is 1. The number of nitrogens with one attached hydrogen (secondary N) is 1. The summed E-state index contributed by atoms with van der Waals surface area (Å²) in [5.74, 6) is -0.951. The Morgan fingerprint density at radius 1 is 1.26 bits per heavy atom. The van der Waals surface area contributed by atoms with E-state index >= 15 is 0 Å². The average molecular weight is 607 g/mol. The number of amides is 2. The molecule has 0 radical (unpaired) electrons. The Balaban J connectivity index is 1.79. The number of fused-ring (bicyclic) bond motifs is 5. The van der Waals surface area contributed by atoms with Crippen LogP contribution in [0, 0.1) is 5.92 Å². The number of rotatable bonds is 3. The quantitative estimate of drug-likeness (QED) is 0.390. The van der Waals surface area contributed by atoms with Crippen LogP contribution in [0.4, 0.5) is 10.5 Å². The summed E-state index contributed by atoms with van der Waals surface area (Å²) in [4.78, 5) is 39.7. The summed E-state index contributed by atoms with van der Waals surface area (Å²) in [7, 11) is 4.54. The predicted molar refractivity (Wildman–Crippen MR) is 154 cm³/mol. The van der Waals surface area contributed by atoms with Gasteiger partial charge in [-0.2, -0.15) is 0 Å². The minimum atomic E-state index is -1.76. The van der Waals surface area contributed by atoms with Crippen LogP contribution in [0.15, 0.2) is 35.9 Å². The minimum absolute atomic E-state index is 0.00538. The molecular formula is C30H39ClN2O9. The number of halogens is 1. The first-order valence-electron chi connectivity index (χ1n) is 13.8. The summed E-state index contributed by atoms with van der Waals surface area (Å²) in [6.45, 7) is 6.77. The van der Waals surface area contributed by atoms with Gasteiger partial charge in [-0.25, -0.2) is 4.79 Å². The summed E-state index contributed by atoms with van der Waals surface area (Å²) >= 11 is 6.64. The molecule has 2 N–H and O–H groups in total. The Kier molecular flexibility index (Phi) is 9.27. The first kappa shape index (κ1) is 31.8. The fraction of sp³-hybridized carbons (Fsp3) is 0.567. The van der Waals surface area contributed by atoms with E-state index in [4.69, 9.17) is 35.3 Å². The van der Waals surface area contributed by atoms with E-state index in [0.29, 0.717) is 17.9 Å². The Morgan fingerprint density at radius 3 is 2.62 bits per heavy atom. The van der Waals surface area contributed by atoms with E-state index in [1.807, 2.05) is 26.0 Å². The number of allylic oxidation sites excluding steroid dienone is 3. The zero-order chi connectivity index (χ0) is 31.0. The maximum absolute atomic E-state index is 13.6. The average Bonchev–Trinajstić information content (AvgIpc) is 3.61. The molecule has 1 aromatic carbocycles. The van der Waals surface area contributed by atoms with Crippen molar-refractivity contribution in [3.05, 3.63) is 46.5 Å². The number of methoxy groups -OCH3 is 2. The molecule has 4 bridgehead atoms. The van der Waals surface area contributed by atoms with Crippen molar-refractivity contribution in [1.29, 1.82) is 0 Å². The summed E-state index contributed by atoms with van der Waals surface area (Å²) in [6.07, 6.45) is 1.67. The van der Waals surface area contributed by atoms with Crippen LogP contribution in [0.3, 0.4) is 0 Å². The smallest absolute Gasteiger partial charge is 0.409 e.